The highest BCUT2D eigenvalue weighted by atomic mass is 16.6. The van der Waals surface area contributed by atoms with Crippen molar-refractivity contribution in [3.05, 3.63) is 35.9 Å². The lowest BCUT2D eigenvalue weighted by Gasteiger charge is -2.40. The lowest BCUT2D eigenvalue weighted by molar-refractivity contribution is -0.00268. The maximum Gasteiger partial charge on any atom is 0.410 e. The van der Waals surface area contributed by atoms with Gasteiger partial charge >= 0.3 is 6.09 Å². The van der Waals surface area contributed by atoms with E-state index < -0.39 is 11.7 Å². The minimum atomic E-state index is -0.535. The number of ether oxygens (including phenoxy) is 1. The van der Waals surface area contributed by atoms with E-state index in [4.69, 9.17) is 4.74 Å². The van der Waals surface area contributed by atoms with Crippen molar-refractivity contribution < 1.29 is 14.3 Å². The Morgan fingerprint density at radius 3 is 2.32 bits per heavy atom. The van der Waals surface area contributed by atoms with Crippen molar-refractivity contribution in [3.8, 4) is 0 Å². The molecule has 4 nitrogen and oxygen atoms in total. The molecular weight excluding hydrogens is 242 g/mol. The van der Waals surface area contributed by atoms with Crippen LogP contribution in [0.1, 0.15) is 37.6 Å². The first-order valence-electron chi connectivity index (χ1n) is 6.47. The number of ketones is 1. The summed E-state index contributed by atoms with van der Waals surface area (Å²) in [7, 11) is 0. The van der Waals surface area contributed by atoms with Crippen LogP contribution in [0.15, 0.2) is 30.3 Å². The summed E-state index contributed by atoms with van der Waals surface area (Å²) in [5, 5.41) is 0. The second-order valence-corrected chi connectivity index (χ2v) is 5.71. The Kier molecular flexibility index (Phi) is 3.60. The van der Waals surface area contributed by atoms with E-state index in [-0.39, 0.29) is 11.8 Å². The van der Waals surface area contributed by atoms with E-state index in [1.807, 2.05) is 39.0 Å². The second kappa shape index (κ2) is 5.03. The highest BCUT2D eigenvalue weighted by Crippen LogP contribution is 2.24. The summed E-state index contributed by atoms with van der Waals surface area (Å²) in [6.45, 7) is 6.04. The fourth-order valence-corrected chi connectivity index (χ4v) is 1.99. The zero-order chi connectivity index (χ0) is 14.0. The fourth-order valence-electron chi connectivity index (χ4n) is 1.99. The normalized spacial score (nSPS) is 18.7. The molecule has 19 heavy (non-hydrogen) atoms. The summed E-state index contributed by atoms with van der Waals surface area (Å²) in [6, 6.07) is 8.68. The predicted octanol–water partition coefficient (Wildman–Crippen LogP) is 2.88. The number of carbonyl (C=O) groups excluding carboxylic acids is 2. The van der Waals surface area contributed by atoms with E-state index in [0.717, 1.165) is 0 Å². The van der Waals surface area contributed by atoms with Gasteiger partial charge in [0.15, 0.2) is 5.78 Å². The van der Waals surface area contributed by atoms with Gasteiger partial charge in [-0.25, -0.2) is 4.79 Å². The third-order valence-electron chi connectivity index (χ3n) is 3.01. The molecule has 0 unspecified atom stereocenters. The van der Waals surface area contributed by atoms with Crippen molar-refractivity contribution in [3.63, 3.8) is 0 Å². The van der Waals surface area contributed by atoms with E-state index in [1.165, 1.54) is 4.90 Å². The summed E-state index contributed by atoms with van der Waals surface area (Å²) in [4.78, 5) is 25.7. The van der Waals surface area contributed by atoms with Gasteiger partial charge in [0.1, 0.15) is 11.6 Å². The van der Waals surface area contributed by atoms with E-state index in [2.05, 4.69) is 0 Å². The van der Waals surface area contributed by atoms with Crippen molar-refractivity contribution in [2.24, 2.45) is 0 Å². The molecule has 1 aromatic carbocycles. The molecule has 1 saturated heterocycles. The summed E-state index contributed by atoms with van der Waals surface area (Å²) in [5.74, 6) is -0.0160. The van der Waals surface area contributed by atoms with E-state index >= 15 is 0 Å². The van der Waals surface area contributed by atoms with E-state index in [0.29, 0.717) is 18.5 Å². The van der Waals surface area contributed by atoms with Crippen molar-refractivity contribution in [1.29, 1.82) is 0 Å². The number of hydrogen-bond acceptors (Lipinski definition) is 3. The number of rotatable bonds is 2. The second-order valence-electron chi connectivity index (χ2n) is 5.71. The average Bonchev–Trinajstić information content (AvgIpc) is 2.26. The average molecular weight is 261 g/mol. The van der Waals surface area contributed by atoms with Gasteiger partial charge < -0.3 is 4.74 Å². The molecule has 0 spiro atoms. The number of likely N-dealkylation sites (tertiary alicyclic amines) is 1. The Morgan fingerprint density at radius 2 is 1.84 bits per heavy atom. The Hall–Kier alpha value is -1.84. The quantitative estimate of drug-likeness (QED) is 0.769. The van der Waals surface area contributed by atoms with Crippen molar-refractivity contribution in [2.45, 2.75) is 38.8 Å². The first-order valence-corrected chi connectivity index (χ1v) is 6.47. The Labute approximate surface area is 113 Å². The van der Waals surface area contributed by atoms with Crippen LogP contribution in [0, 0.1) is 0 Å². The molecular formula is C15H19NO3. The van der Waals surface area contributed by atoms with Gasteiger partial charge in [-0.05, 0) is 27.2 Å². The van der Waals surface area contributed by atoms with Crippen molar-refractivity contribution >= 4 is 11.9 Å². The van der Waals surface area contributed by atoms with Gasteiger partial charge in [-0.1, -0.05) is 30.3 Å². The Balaban J connectivity index is 2.03. The SMILES string of the molecule is CC(C)(C)OC(=O)N1CC[C@H]1C(=O)c1ccccc1. The highest BCUT2D eigenvalue weighted by molar-refractivity contribution is 6.02. The molecule has 102 valence electrons. The molecule has 1 atom stereocenters. The third kappa shape index (κ3) is 3.13. The number of hydrogen-bond donors (Lipinski definition) is 0. The largest absolute Gasteiger partial charge is 0.444 e. The monoisotopic (exact) mass is 261 g/mol. The van der Waals surface area contributed by atoms with Gasteiger partial charge in [-0.3, -0.25) is 9.69 Å². The van der Waals surface area contributed by atoms with Gasteiger partial charge in [0.05, 0.1) is 0 Å². The molecule has 1 heterocycles. The minimum absolute atomic E-state index is 0.0160. The molecule has 0 aliphatic carbocycles. The lowest BCUT2D eigenvalue weighted by Crippen LogP contribution is -2.56. The van der Waals surface area contributed by atoms with Gasteiger partial charge in [-0.2, -0.15) is 0 Å². The number of amides is 1. The van der Waals surface area contributed by atoms with Crippen LogP contribution >= 0.6 is 0 Å². The van der Waals surface area contributed by atoms with Gasteiger partial charge in [0, 0.05) is 12.1 Å². The number of Topliss-reactive ketones (excluding diaryl/α,β-unsaturated/α-hetero) is 1. The molecule has 1 fully saturated rings. The molecule has 0 N–H and O–H groups in total. The van der Waals surface area contributed by atoms with Gasteiger partial charge in [0.25, 0.3) is 0 Å². The van der Waals surface area contributed by atoms with Crippen LogP contribution in [0.2, 0.25) is 0 Å². The molecule has 0 saturated carbocycles. The van der Waals surface area contributed by atoms with Gasteiger partial charge in [-0.15, -0.1) is 0 Å². The standard InChI is InChI=1S/C15H19NO3/c1-15(2,3)19-14(18)16-10-9-12(16)13(17)11-7-5-4-6-8-11/h4-8,12H,9-10H2,1-3H3/t12-/m0/s1. The van der Waals surface area contributed by atoms with Crippen molar-refractivity contribution in [1.82, 2.24) is 4.90 Å². The highest BCUT2D eigenvalue weighted by Gasteiger charge is 2.39. The van der Waals surface area contributed by atoms with Crippen LogP contribution in [-0.2, 0) is 4.74 Å². The molecule has 0 aromatic heterocycles. The Morgan fingerprint density at radius 1 is 1.21 bits per heavy atom. The van der Waals surface area contributed by atoms with E-state index in [9.17, 15) is 9.59 Å². The Bertz CT molecular complexity index is 476. The lowest BCUT2D eigenvalue weighted by atomic mass is 9.94. The van der Waals surface area contributed by atoms with Crippen LogP contribution in [0.3, 0.4) is 0 Å². The molecule has 1 aromatic rings. The number of benzene rings is 1. The first-order chi connectivity index (χ1) is 8.88. The first kappa shape index (κ1) is 13.6. The van der Waals surface area contributed by atoms with Crippen LogP contribution in [-0.4, -0.2) is 35.0 Å². The molecule has 0 bridgehead atoms. The fraction of sp³-hybridized carbons (Fsp3) is 0.467. The zero-order valence-electron chi connectivity index (χ0n) is 11.6. The summed E-state index contributed by atoms with van der Waals surface area (Å²) in [6.07, 6.45) is 0.292. The third-order valence-corrected chi connectivity index (χ3v) is 3.01. The van der Waals surface area contributed by atoms with Crippen LogP contribution in [0.25, 0.3) is 0 Å². The molecule has 1 aliphatic rings. The topological polar surface area (TPSA) is 46.6 Å². The zero-order valence-corrected chi connectivity index (χ0v) is 11.6. The van der Waals surface area contributed by atoms with Crippen molar-refractivity contribution in [2.75, 3.05) is 6.54 Å². The molecule has 1 aliphatic heterocycles. The smallest absolute Gasteiger partial charge is 0.410 e. The van der Waals surface area contributed by atoms with Crippen LogP contribution in [0.4, 0.5) is 4.79 Å². The van der Waals surface area contributed by atoms with E-state index in [1.54, 1.807) is 12.1 Å². The maximum atomic E-state index is 12.3. The molecule has 1 amide bonds. The summed E-state index contributed by atoms with van der Waals surface area (Å²) < 4.78 is 5.29. The van der Waals surface area contributed by atoms with Crippen LogP contribution < -0.4 is 0 Å². The number of nitrogens with zero attached hydrogens (tertiary/aromatic N) is 1. The maximum absolute atomic E-state index is 12.3. The minimum Gasteiger partial charge on any atom is -0.444 e. The summed E-state index contributed by atoms with van der Waals surface area (Å²) in [5.41, 5.74) is 0.105. The van der Waals surface area contributed by atoms with Crippen LogP contribution in [0.5, 0.6) is 0 Å². The molecule has 0 radical (unpaired) electrons. The predicted molar refractivity (Wildman–Crippen MR) is 72.1 cm³/mol. The number of carbonyl (C=O) groups is 2. The molecule has 4 heteroatoms. The van der Waals surface area contributed by atoms with Gasteiger partial charge in [0.2, 0.25) is 0 Å². The summed E-state index contributed by atoms with van der Waals surface area (Å²) >= 11 is 0. The molecule has 2 rings (SSSR count).